The number of nitrogens with zero attached hydrogens (tertiary/aromatic N) is 1. The number of amides is 1. The van der Waals surface area contributed by atoms with Gasteiger partial charge in [-0.2, -0.15) is 0 Å². The summed E-state index contributed by atoms with van der Waals surface area (Å²) in [6, 6.07) is 13.7. The highest BCUT2D eigenvalue weighted by Gasteiger charge is 2.29. The number of benzene rings is 2. The van der Waals surface area contributed by atoms with E-state index in [1.54, 1.807) is 12.1 Å². The summed E-state index contributed by atoms with van der Waals surface area (Å²) in [5, 5.41) is 6.02. The number of nitrogens with one attached hydrogen (secondary N) is 1. The molecule has 0 unspecified atom stereocenters. The van der Waals surface area contributed by atoms with E-state index in [-0.39, 0.29) is 5.91 Å². The van der Waals surface area contributed by atoms with Gasteiger partial charge in [0.25, 0.3) is 5.91 Å². The molecule has 1 aromatic heterocycles. The van der Waals surface area contributed by atoms with Gasteiger partial charge in [-0.1, -0.05) is 42.8 Å². The predicted molar refractivity (Wildman–Crippen MR) is 105 cm³/mol. The Balaban J connectivity index is 1.43. The van der Waals surface area contributed by atoms with Crippen LogP contribution in [-0.4, -0.2) is 17.0 Å². The van der Waals surface area contributed by atoms with Gasteiger partial charge in [-0.3, -0.25) is 10.1 Å². The number of fused-ring (bicyclic) bond motifs is 1. The summed E-state index contributed by atoms with van der Waals surface area (Å²) in [6.07, 6.45) is 0.964. The lowest BCUT2D eigenvalue weighted by atomic mass is 10.1. The molecule has 0 radical (unpaired) electrons. The highest BCUT2D eigenvalue weighted by molar-refractivity contribution is 7.14. The molecule has 0 spiro atoms. The molecule has 1 atom stereocenters. The van der Waals surface area contributed by atoms with Crippen LogP contribution in [0, 0.1) is 0 Å². The molecule has 0 bridgehead atoms. The Morgan fingerprint density at radius 1 is 1.31 bits per heavy atom. The lowest BCUT2D eigenvalue weighted by Crippen LogP contribution is -2.31. The number of aromatic nitrogens is 1. The molecule has 0 saturated carbocycles. The second kappa shape index (κ2) is 7.09. The topological polar surface area (TPSA) is 51.2 Å². The van der Waals surface area contributed by atoms with Crippen LogP contribution in [0.2, 0.25) is 5.02 Å². The normalized spacial score (nSPS) is 15.4. The monoisotopic (exact) mass is 384 g/mol. The number of hydrogen-bond acceptors (Lipinski definition) is 4. The lowest BCUT2D eigenvalue weighted by molar-refractivity contribution is -0.122. The van der Waals surface area contributed by atoms with Gasteiger partial charge >= 0.3 is 0 Å². The molecule has 132 valence electrons. The molecule has 6 heteroatoms. The van der Waals surface area contributed by atoms with Crippen molar-refractivity contribution in [3.05, 3.63) is 64.0 Å². The molecule has 2 heterocycles. The van der Waals surface area contributed by atoms with E-state index in [9.17, 15) is 4.79 Å². The summed E-state index contributed by atoms with van der Waals surface area (Å²) >= 11 is 7.40. The maximum Gasteiger partial charge on any atom is 0.267 e. The summed E-state index contributed by atoms with van der Waals surface area (Å²) in [6.45, 7) is 2.13. The van der Waals surface area contributed by atoms with Crippen LogP contribution in [0.5, 0.6) is 5.75 Å². The highest BCUT2D eigenvalue weighted by atomic mass is 35.5. The molecular formula is C20H17ClN2O2S. The van der Waals surface area contributed by atoms with E-state index < -0.39 is 6.10 Å². The first kappa shape index (κ1) is 17.1. The Labute approximate surface area is 160 Å². The number of hydrogen-bond donors (Lipinski definition) is 1. The smallest absolute Gasteiger partial charge is 0.267 e. The van der Waals surface area contributed by atoms with Crippen molar-refractivity contribution in [2.24, 2.45) is 0 Å². The van der Waals surface area contributed by atoms with Crippen LogP contribution in [0.15, 0.2) is 47.8 Å². The zero-order valence-electron chi connectivity index (χ0n) is 14.2. The minimum absolute atomic E-state index is 0.195. The molecule has 1 amide bonds. The van der Waals surface area contributed by atoms with Gasteiger partial charge in [0.1, 0.15) is 5.75 Å². The summed E-state index contributed by atoms with van der Waals surface area (Å²) in [5.41, 5.74) is 4.14. The number of halogens is 1. The molecule has 1 N–H and O–H groups in total. The summed E-state index contributed by atoms with van der Waals surface area (Å²) in [7, 11) is 0. The molecule has 26 heavy (non-hydrogen) atoms. The standard InChI is InChI=1S/C20H17ClN2O2S/c1-2-12-3-5-13(6-4-12)16-11-26-20(22-16)23-19(24)18-10-14-9-15(21)7-8-17(14)25-18/h3-9,11,18H,2,10H2,1H3,(H,22,23,24)/t18-/m0/s1. The molecule has 4 rings (SSSR count). The third-order valence-corrected chi connectivity index (χ3v) is 5.37. The maximum atomic E-state index is 12.5. The Morgan fingerprint density at radius 3 is 2.88 bits per heavy atom. The molecule has 1 aliphatic rings. The van der Waals surface area contributed by atoms with Crippen molar-refractivity contribution < 1.29 is 9.53 Å². The molecule has 2 aromatic carbocycles. The first-order valence-corrected chi connectivity index (χ1v) is 9.69. The number of rotatable bonds is 4. The van der Waals surface area contributed by atoms with E-state index in [0.29, 0.717) is 22.3 Å². The Hall–Kier alpha value is -2.37. The molecule has 4 nitrogen and oxygen atoms in total. The van der Waals surface area contributed by atoms with E-state index in [1.807, 2.05) is 11.4 Å². The van der Waals surface area contributed by atoms with Gasteiger partial charge in [-0.15, -0.1) is 11.3 Å². The van der Waals surface area contributed by atoms with E-state index in [4.69, 9.17) is 16.3 Å². The molecular weight excluding hydrogens is 368 g/mol. The van der Waals surface area contributed by atoms with Crippen LogP contribution in [0.4, 0.5) is 5.13 Å². The highest BCUT2D eigenvalue weighted by Crippen LogP contribution is 2.32. The zero-order chi connectivity index (χ0) is 18.1. The van der Waals surface area contributed by atoms with Crippen molar-refractivity contribution in [1.29, 1.82) is 0 Å². The van der Waals surface area contributed by atoms with Crippen molar-refractivity contribution in [3.63, 3.8) is 0 Å². The first-order valence-electron chi connectivity index (χ1n) is 8.43. The molecule has 0 aliphatic carbocycles. The lowest BCUT2D eigenvalue weighted by Gasteiger charge is -2.09. The summed E-state index contributed by atoms with van der Waals surface area (Å²) in [4.78, 5) is 17.0. The van der Waals surface area contributed by atoms with Crippen LogP contribution in [0.1, 0.15) is 18.1 Å². The molecule has 3 aromatic rings. The zero-order valence-corrected chi connectivity index (χ0v) is 15.7. The third kappa shape index (κ3) is 3.45. The quantitative estimate of drug-likeness (QED) is 0.691. The van der Waals surface area contributed by atoms with E-state index in [1.165, 1.54) is 16.9 Å². The average molecular weight is 385 g/mol. The van der Waals surface area contributed by atoms with Gasteiger partial charge in [0, 0.05) is 22.4 Å². The van der Waals surface area contributed by atoms with Crippen LogP contribution < -0.4 is 10.1 Å². The van der Waals surface area contributed by atoms with E-state index >= 15 is 0 Å². The SMILES string of the molecule is CCc1ccc(-c2csc(NC(=O)[C@@H]3Cc4cc(Cl)ccc4O3)n2)cc1. The van der Waals surface area contributed by atoms with Gasteiger partial charge in [0.2, 0.25) is 0 Å². The Bertz CT molecular complexity index is 953. The van der Waals surface area contributed by atoms with Crippen molar-refractivity contribution in [2.75, 3.05) is 5.32 Å². The van der Waals surface area contributed by atoms with Gasteiger partial charge in [-0.25, -0.2) is 4.98 Å². The van der Waals surface area contributed by atoms with E-state index in [2.05, 4.69) is 41.5 Å². The van der Waals surface area contributed by atoms with Gasteiger partial charge < -0.3 is 4.74 Å². The third-order valence-electron chi connectivity index (χ3n) is 4.38. The van der Waals surface area contributed by atoms with Crippen LogP contribution in [0.3, 0.4) is 0 Å². The van der Waals surface area contributed by atoms with Crippen LogP contribution in [-0.2, 0) is 17.6 Å². The number of ether oxygens (including phenoxy) is 1. The van der Waals surface area contributed by atoms with Gasteiger partial charge in [0.15, 0.2) is 11.2 Å². The van der Waals surface area contributed by atoms with Crippen LogP contribution in [0.25, 0.3) is 11.3 Å². The van der Waals surface area contributed by atoms with Crippen molar-refractivity contribution in [2.45, 2.75) is 25.9 Å². The fourth-order valence-corrected chi connectivity index (χ4v) is 3.84. The van der Waals surface area contributed by atoms with E-state index in [0.717, 1.165) is 23.2 Å². The number of carbonyl (C=O) groups excluding carboxylic acids is 1. The van der Waals surface area contributed by atoms with Gasteiger partial charge in [-0.05, 0) is 35.7 Å². The Morgan fingerprint density at radius 2 is 2.12 bits per heavy atom. The number of anilines is 1. The first-order chi connectivity index (χ1) is 12.6. The average Bonchev–Trinajstić information content (AvgIpc) is 3.28. The fraction of sp³-hybridized carbons (Fsp3) is 0.200. The molecule has 0 fully saturated rings. The van der Waals surface area contributed by atoms with Crippen LogP contribution >= 0.6 is 22.9 Å². The largest absolute Gasteiger partial charge is 0.480 e. The minimum Gasteiger partial charge on any atom is -0.480 e. The molecule has 1 aliphatic heterocycles. The second-order valence-corrected chi connectivity index (χ2v) is 7.43. The maximum absolute atomic E-state index is 12.5. The van der Waals surface area contributed by atoms with Crippen molar-refractivity contribution >= 4 is 34.0 Å². The summed E-state index contributed by atoms with van der Waals surface area (Å²) < 4.78 is 5.72. The Kier molecular flexibility index (Phi) is 4.66. The number of thiazole rings is 1. The second-order valence-electron chi connectivity index (χ2n) is 6.14. The fourth-order valence-electron chi connectivity index (χ4n) is 2.92. The molecule has 0 saturated heterocycles. The van der Waals surface area contributed by atoms with Crippen molar-refractivity contribution in [3.8, 4) is 17.0 Å². The minimum atomic E-state index is -0.556. The van der Waals surface area contributed by atoms with Gasteiger partial charge in [0.05, 0.1) is 5.69 Å². The van der Waals surface area contributed by atoms with Crippen molar-refractivity contribution in [1.82, 2.24) is 4.98 Å². The summed E-state index contributed by atoms with van der Waals surface area (Å²) in [5.74, 6) is 0.518. The number of aryl methyl sites for hydroxylation is 1. The predicted octanol–water partition coefficient (Wildman–Crippen LogP) is 4.97. The number of carbonyl (C=O) groups is 1.